The van der Waals surface area contributed by atoms with Crippen molar-refractivity contribution in [1.82, 2.24) is 19.9 Å². The van der Waals surface area contributed by atoms with Gasteiger partial charge in [0.15, 0.2) is 0 Å². The third-order valence-electron chi connectivity index (χ3n) is 4.78. The Kier molecular flexibility index (Phi) is 5.84. The van der Waals surface area contributed by atoms with Crippen molar-refractivity contribution in [2.24, 2.45) is 0 Å². The molecule has 0 saturated heterocycles. The second-order valence-corrected chi connectivity index (χ2v) is 6.73. The van der Waals surface area contributed by atoms with Gasteiger partial charge in [0.25, 0.3) is 11.5 Å². The smallest absolute Gasteiger partial charge is 0.258 e. The first kappa shape index (κ1) is 20.0. The van der Waals surface area contributed by atoms with Crippen LogP contribution in [0.25, 0.3) is 16.9 Å². The first-order valence-corrected chi connectivity index (χ1v) is 9.66. The molecule has 1 N–H and O–H groups in total. The lowest BCUT2D eigenvalue weighted by Crippen LogP contribution is -2.27. The molecule has 0 unspecified atom stereocenters. The normalized spacial score (nSPS) is 10.5. The van der Waals surface area contributed by atoms with Gasteiger partial charge >= 0.3 is 0 Å². The van der Waals surface area contributed by atoms with Crippen LogP contribution < -0.4 is 15.6 Å². The van der Waals surface area contributed by atoms with Crippen molar-refractivity contribution in [3.8, 4) is 22.7 Å². The van der Waals surface area contributed by atoms with Gasteiger partial charge in [0, 0.05) is 48.6 Å². The number of carbonyl (C=O) groups excluding carboxylic acids is 1. The summed E-state index contributed by atoms with van der Waals surface area (Å²) in [6.07, 6.45) is 6.62. The summed E-state index contributed by atoms with van der Waals surface area (Å²) in [4.78, 5) is 34.1. The van der Waals surface area contributed by atoms with Crippen molar-refractivity contribution >= 4 is 5.91 Å². The summed E-state index contributed by atoms with van der Waals surface area (Å²) < 4.78 is 6.71. The van der Waals surface area contributed by atoms with Crippen LogP contribution in [0, 0.1) is 0 Å². The van der Waals surface area contributed by atoms with Gasteiger partial charge in [-0.25, -0.2) is 0 Å². The number of hydrogen-bond acceptors (Lipinski definition) is 5. The number of aromatic nitrogens is 3. The third kappa shape index (κ3) is 4.35. The highest BCUT2D eigenvalue weighted by Crippen LogP contribution is 2.21. The number of carbonyl (C=O) groups is 1. The van der Waals surface area contributed by atoms with E-state index in [1.54, 1.807) is 30.7 Å². The Morgan fingerprint density at radius 1 is 1.06 bits per heavy atom. The van der Waals surface area contributed by atoms with E-state index in [-0.39, 0.29) is 29.3 Å². The van der Waals surface area contributed by atoms with Crippen LogP contribution in [-0.4, -0.2) is 27.6 Å². The molecule has 0 aliphatic carbocycles. The zero-order chi connectivity index (χ0) is 21.6. The molecule has 0 aliphatic heterocycles. The van der Waals surface area contributed by atoms with Crippen molar-refractivity contribution in [2.45, 2.75) is 6.54 Å². The van der Waals surface area contributed by atoms with Crippen molar-refractivity contribution in [3.63, 3.8) is 0 Å². The number of amides is 1. The summed E-state index contributed by atoms with van der Waals surface area (Å²) in [6, 6.07) is 17.9. The minimum absolute atomic E-state index is 0.216. The van der Waals surface area contributed by atoms with Gasteiger partial charge in [-0.2, -0.15) is 0 Å². The first-order valence-electron chi connectivity index (χ1n) is 9.66. The molecule has 1 aromatic carbocycles. The van der Waals surface area contributed by atoms with Crippen LogP contribution in [0.15, 0.2) is 90.2 Å². The predicted octanol–water partition coefficient (Wildman–Crippen LogP) is 3.23. The second kappa shape index (κ2) is 9.04. The van der Waals surface area contributed by atoms with Gasteiger partial charge in [0.1, 0.15) is 5.75 Å². The summed E-state index contributed by atoms with van der Waals surface area (Å²) in [7, 11) is 1.43. The van der Waals surface area contributed by atoms with E-state index in [2.05, 4.69) is 15.3 Å². The van der Waals surface area contributed by atoms with E-state index in [0.717, 1.165) is 16.8 Å². The maximum absolute atomic E-state index is 13.0. The van der Waals surface area contributed by atoms with E-state index in [9.17, 15) is 9.59 Å². The lowest BCUT2D eigenvalue weighted by atomic mass is 10.1. The Bertz CT molecular complexity index is 1250. The largest absolute Gasteiger partial charge is 0.496 e. The molecular formula is C24H20N4O3. The molecule has 0 saturated carbocycles. The standard InChI is InChI=1S/C24H20N4O3/c1-31-21-13-22(29)28(19-9-3-2-4-10-19)16-20(21)24(30)27-15-18-8-6-12-26-23(18)17-7-5-11-25-14-17/h2-14,16H,15H2,1H3,(H,27,30). The Hall–Kier alpha value is -4.26. The topological polar surface area (TPSA) is 86.1 Å². The fraction of sp³-hybridized carbons (Fsp3) is 0.0833. The number of para-hydroxylation sites is 1. The van der Waals surface area contributed by atoms with Gasteiger partial charge < -0.3 is 10.1 Å². The van der Waals surface area contributed by atoms with Crippen LogP contribution >= 0.6 is 0 Å². The molecule has 4 rings (SSSR count). The molecule has 0 radical (unpaired) electrons. The zero-order valence-electron chi connectivity index (χ0n) is 16.9. The number of methoxy groups -OCH3 is 1. The molecule has 3 aromatic heterocycles. The van der Waals surface area contributed by atoms with Gasteiger partial charge in [0.05, 0.1) is 18.4 Å². The molecule has 0 aliphatic rings. The Labute approximate surface area is 179 Å². The number of ether oxygens (including phenoxy) is 1. The molecule has 0 spiro atoms. The maximum atomic E-state index is 13.0. The van der Waals surface area contributed by atoms with Gasteiger partial charge in [-0.1, -0.05) is 24.3 Å². The highest BCUT2D eigenvalue weighted by Gasteiger charge is 2.16. The highest BCUT2D eigenvalue weighted by molar-refractivity contribution is 5.96. The number of nitrogens with one attached hydrogen (secondary N) is 1. The molecule has 0 bridgehead atoms. The minimum atomic E-state index is -0.359. The van der Waals surface area contributed by atoms with Gasteiger partial charge in [-0.15, -0.1) is 0 Å². The molecule has 7 heteroatoms. The molecule has 1 amide bonds. The molecule has 0 fully saturated rings. The third-order valence-corrected chi connectivity index (χ3v) is 4.78. The van der Waals surface area contributed by atoms with Crippen LogP contribution in [0.1, 0.15) is 15.9 Å². The first-order chi connectivity index (χ1) is 15.2. The molecule has 31 heavy (non-hydrogen) atoms. The summed E-state index contributed by atoms with van der Waals surface area (Å²) in [6.45, 7) is 0.254. The van der Waals surface area contributed by atoms with E-state index >= 15 is 0 Å². The average molecular weight is 412 g/mol. The van der Waals surface area contributed by atoms with E-state index < -0.39 is 0 Å². The molecular weight excluding hydrogens is 392 g/mol. The van der Waals surface area contributed by atoms with Crippen LogP contribution in [0.4, 0.5) is 0 Å². The lowest BCUT2D eigenvalue weighted by molar-refractivity contribution is 0.0947. The van der Waals surface area contributed by atoms with Crippen molar-refractivity contribution in [2.75, 3.05) is 7.11 Å². The Morgan fingerprint density at radius 2 is 1.87 bits per heavy atom. The zero-order valence-corrected chi connectivity index (χ0v) is 16.9. The van der Waals surface area contributed by atoms with Crippen molar-refractivity contribution in [3.05, 3.63) is 107 Å². The fourth-order valence-electron chi connectivity index (χ4n) is 3.26. The second-order valence-electron chi connectivity index (χ2n) is 6.73. The monoisotopic (exact) mass is 412 g/mol. The highest BCUT2D eigenvalue weighted by atomic mass is 16.5. The van der Waals surface area contributed by atoms with Crippen LogP contribution in [-0.2, 0) is 6.54 Å². The van der Waals surface area contributed by atoms with Crippen molar-refractivity contribution in [1.29, 1.82) is 0 Å². The lowest BCUT2D eigenvalue weighted by Gasteiger charge is -2.14. The fourth-order valence-corrected chi connectivity index (χ4v) is 3.26. The Balaban J connectivity index is 1.62. The predicted molar refractivity (Wildman–Crippen MR) is 117 cm³/mol. The number of rotatable bonds is 6. The summed E-state index contributed by atoms with van der Waals surface area (Å²) in [5.41, 5.74) is 3.10. The minimum Gasteiger partial charge on any atom is -0.496 e. The summed E-state index contributed by atoms with van der Waals surface area (Å²) in [5, 5.41) is 2.90. The molecule has 4 aromatic rings. The van der Waals surface area contributed by atoms with E-state index in [0.29, 0.717) is 5.69 Å². The number of hydrogen-bond donors (Lipinski definition) is 1. The Morgan fingerprint density at radius 3 is 2.61 bits per heavy atom. The number of nitrogens with zero attached hydrogens (tertiary/aromatic N) is 3. The van der Waals surface area contributed by atoms with Gasteiger partial charge in [-0.05, 0) is 35.9 Å². The summed E-state index contributed by atoms with van der Waals surface area (Å²) in [5.74, 6) is -0.143. The van der Waals surface area contributed by atoms with Crippen LogP contribution in [0.3, 0.4) is 0 Å². The van der Waals surface area contributed by atoms with Gasteiger partial charge in [0.2, 0.25) is 0 Å². The van der Waals surface area contributed by atoms with Crippen LogP contribution in [0.5, 0.6) is 5.75 Å². The molecule has 7 nitrogen and oxygen atoms in total. The number of benzene rings is 1. The van der Waals surface area contributed by atoms with Crippen molar-refractivity contribution < 1.29 is 9.53 Å². The molecule has 0 atom stereocenters. The maximum Gasteiger partial charge on any atom is 0.258 e. The quantitative estimate of drug-likeness (QED) is 0.525. The molecule has 154 valence electrons. The molecule has 3 heterocycles. The number of pyridine rings is 3. The van der Waals surface area contributed by atoms with Crippen LogP contribution in [0.2, 0.25) is 0 Å². The van der Waals surface area contributed by atoms with E-state index in [4.69, 9.17) is 4.74 Å². The SMILES string of the molecule is COc1cc(=O)n(-c2ccccc2)cc1C(=O)NCc1cccnc1-c1cccnc1. The van der Waals surface area contributed by atoms with E-state index in [1.807, 2.05) is 42.5 Å². The van der Waals surface area contributed by atoms with E-state index in [1.165, 1.54) is 23.9 Å². The van der Waals surface area contributed by atoms with Gasteiger partial charge in [-0.3, -0.25) is 24.1 Å². The summed E-state index contributed by atoms with van der Waals surface area (Å²) >= 11 is 0. The average Bonchev–Trinajstić information content (AvgIpc) is 2.83.